The van der Waals surface area contributed by atoms with Crippen molar-refractivity contribution >= 4 is 40.1 Å². The van der Waals surface area contributed by atoms with Gasteiger partial charge in [-0.15, -0.1) is 0 Å². The number of thioether (sulfide) groups is 1. The third kappa shape index (κ3) is 5.97. The topological polar surface area (TPSA) is 79.8 Å². The Labute approximate surface area is 180 Å². The van der Waals surface area contributed by atoms with Crippen LogP contribution in [0.3, 0.4) is 0 Å². The Hall–Kier alpha value is -3.06. The van der Waals surface area contributed by atoms with Crippen molar-refractivity contribution in [3.8, 4) is 0 Å². The molecular formula is C23H25N3O3S. The van der Waals surface area contributed by atoms with Crippen LogP contribution in [0.4, 0.5) is 11.4 Å². The number of ether oxygens (including phenoxy) is 1. The number of hydrogen-bond donors (Lipinski definition) is 2. The summed E-state index contributed by atoms with van der Waals surface area (Å²) in [5.74, 6) is -0.189. The highest BCUT2D eigenvalue weighted by Crippen LogP contribution is 2.33. The fraction of sp³-hybridized carbons (Fsp3) is 0.261. The van der Waals surface area contributed by atoms with Crippen LogP contribution in [0.25, 0.3) is 0 Å². The summed E-state index contributed by atoms with van der Waals surface area (Å²) in [6.45, 7) is 4.55. The Kier molecular flexibility index (Phi) is 7.30. The molecule has 1 aliphatic rings. The number of nitrogens with zero attached hydrogens (tertiary/aromatic N) is 1. The molecule has 156 valence electrons. The number of nitrogens with one attached hydrogen (secondary N) is 2. The molecule has 1 aliphatic heterocycles. The lowest BCUT2D eigenvalue weighted by atomic mass is 10.1. The zero-order valence-electron chi connectivity index (χ0n) is 17.3. The second kappa shape index (κ2) is 10.1. The Morgan fingerprint density at radius 2 is 1.87 bits per heavy atom. The highest BCUT2D eigenvalue weighted by molar-refractivity contribution is 8.14. The van der Waals surface area contributed by atoms with Crippen LogP contribution in [-0.2, 0) is 20.9 Å². The Bertz CT molecular complexity index is 1000. The molecule has 2 aromatic rings. The Morgan fingerprint density at radius 1 is 1.13 bits per heavy atom. The normalized spacial score (nSPS) is 12.6. The summed E-state index contributed by atoms with van der Waals surface area (Å²) < 4.78 is 4.80. The first-order chi connectivity index (χ1) is 14.4. The third-order valence-electron chi connectivity index (χ3n) is 4.68. The summed E-state index contributed by atoms with van der Waals surface area (Å²) >= 11 is 1.34. The maximum Gasteiger partial charge on any atom is 0.311 e. The van der Waals surface area contributed by atoms with Crippen LogP contribution in [0, 0.1) is 13.8 Å². The molecule has 1 heterocycles. The molecule has 0 aromatic heterocycles. The fourth-order valence-corrected chi connectivity index (χ4v) is 3.66. The number of esters is 1. The lowest BCUT2D eigenvalue weighted by Gasteiger charge is -2.12. The van der Waals surface area contributed by atoms with Crippen LogP contribution in [0.15, 0.2) is 59.2 Å². The Morgan fingerprint density at radius 3 is 2.60 bits per heavy atom. The fourth-order valence-electron chi connectivity index (χ4n) is 2.89. The van der Waals surface area contributed by atoms with Crippen molar-refractivity contribution in [3.63, 3.8) is 0 Å². The van der Waals surface area contributed by atoms with E-state index in [9.17, 15) is 9.59 Å². The van der Waals surface area contributed by atoms with E-state index in [1.165, 1.54) is 18.9 Å². The monoisotopic (exact) mass is 423 g/mol. The van der Waals surface area contributed by atoms with Crippen LogP contribution in [0.2, 0.25) is 0 Å². The van der Waals surface area contributed by atoms with Crippen molar-refractivity contribution in [2.75, 3.05) is 18.2 Å². The molecule has 0 spiro atoms. The van der Waals surface area contributed by atoms with E-state index in [-0.39, 0.29) is 24.1 Å². The lowest BCUT2D eigenvalue weighted by Crippen LogP contribution is -2.25. The highest BCUT2D eigenvalue weighted by Gasteiger charge is 2.16. The van der Waals surface area contributed by atoms with E-state index in [0.29, 0.717) is 17.3 Å². The number of carbonyl (C=O) groups is 2. The number of benzene rings is 2. The predicted octanol–water partition coefficient (Wildman–Crippen LogP) is 4.26. The largest absolute Gasteiger partial charge is 0.469 e. The van der Waals surface area contributed by atoms with Crippen LogP contribution in [0.1, 0.15) is 23.1 Å². The minimum absolute atomic E-state index is 0.0769. The minimum atomic E-state index is -0.342. The summed E-state index contributed by atoms with van der Waals surface area (Å²) in [5, 5.41) is 6.87. The summed E-state index contributed by atoms with van der Waals surface area (Å²) in [6, 6.07) is 13.8. The van der Waals surface area contributed by atoms with Gasteiger partial charge in [0.05, 0.1) is 35.7 Å². The molecule has 0 aliphatic carbocycles. The molecule has 2 aromatic carbocycles. The van der Waals surface area contributed by atoms with Gasteiger partial charge in [0.25, 0.3) is 0 Å². The second-order valence-electron chi connectivity index (χ2n) is 7.00. The van der Waals surface area contributed by atoms with Crippen molar-refractivity contribution in [2.24, 2.45) is 4.99 Å². The molecule has 3 rings (SSSR count). The van der Waals surface area contributed by atoms with Crippen molar-refractivity contribution in [1.29, 1.82) is 0 Å². The van der Waals surface area contributed by atoms with Gasteiger partial charge < -0.3 is 15.4 Å². The van der Waals surface area contributed by atoms with Gasteiger partial charge in [-0.05, 0) is 48.7 Å². The van der Waals surface area contributed by atoms with Crippen molar-refractivity contribution in [1.82, 2.24) is 5.32 Å². The molecule has 7 heteroatoms. The molecule has 0 atom stereocenters. The number of carbonyl (C=O) groups excluding carboxylic acids is 2. The van der Waals surface area contributed by atoms with Gasteiger partial charge in [-0.25, -0.2) is 4.99 Å². The van der Waals surface area contributed by atoms with Crippen LogP contribution in [-0.4, -0.2) is 29.8 Å². The molecule has 0 saturated heterocycles. The van der Waals surface area contributed by atoms with Gasteiger partial charge in [-0.3, -0.25) is 9.59 Å². The standard InChI is InChI=1S/C23H25N3O3S/c1-15-9-19-20(10-16(15)2)26-22(11-18(25-19)12-23(28)29-3)30-14-21(27)24-13-17-7-5-4-6-8-17/h4-11,25H,12-14H2,1-3H3,(H,24,27). The molecule has 0 radical (unpaired) electrons. The van der Waals surface area contributed by atoms with E-state index in [1.807, 2.05) is 56.3 Å². The minimum Gasteiger partial charge on any atom is -0.469 e. The second-order valence-corrected chi connectivity index (χ2v) is 8.00. The molecule has 0 saturated carbocycles. The SMILES string of the molecule is COC(=O)CC1=CC(SCC(=O)NCc2ccccc2)=Nc2cc(C)c(C)cc2N1. The number of methoxy groups -OCH3 is 1. The zero-order valence-corrected chi connectivity index (χ0v) is 18.1. The van der Waals surface area contributed by atoms with Crippen molar-refractivity contribution in [2.45, 2.75) is 26.8 Å². The maximum absolute atomic E-state index is 12.3. The first-order valence-electron chi connectivity index (χ1n) is 9.62. The predicted molar refractivity (Wildman–Crippen MR) is 122 cm³/mol. The number of amides is 1. The summed E-state index contributed by atoms with van der Waals surface area (Å²) in [6.07, 6.45) is 1.90. The first kappa shape index (κ1) is 21.6. The molecule has 1 amide bonds. The summed E-state index contributed by atoms with van der Waals surface area (Å²) in [7, 11) is 1.36. The van der Waals surface area contributed by atoms with Gasteiger partial charge >= 0.3 is 5.97 Å². The van der Waals surface area contributed by atoms with Gasteiger partial charge in [-0.1, -0.05) is 42.1 Å². The van der Waals surface area contributed by atoms with E-state index < -0.39 is 0 Å². The first-order valence-corrected chi connectivity index (χ1v) is 10.6. The molecule has 6 nitrogen and oxygen atoms in total. The average molecular weight is 424 g/mol. The van der Waals surface area contributed by atoms with E-state index in [1.54, 1.807) is 6.08 Å². The van der Waals surface area contributed by atoms with Crippen LogP contribution < -0.4 is 10.6 Å². The molecule has 30 heavy (non-hydrogen) atoms. The van der Waals surface area contributed by atoms with Gasteiger partial charge in [-0.2, -0.15) is 0 Å². The van der Waals surface area contributed by atoms with E-state index >= 15 is 0 Å². The number of aliphatic imine (C=N–C) groups is 1. The Balaban J connectivity index is 1.72. The molecular weight excluding hydrogens is 398 g/mol. The van der Waals surface area contributed by atoms with Gasteiger partial charge in [0.15, 0.2) is 0 Å². The number of hydrogen-bond acceptors (Lipinski definition) is 6. The van der Waals surface area contributed by atoms with Gasteiger partial charge in [0.1, 0.15) is 0 Å². The van der Waals surface area contributed by atoms with Crippen molar-refractivity contribution in [3.05, 3.63) is 70.9 Å². The maximum atomic E-state index is 12.3. The molecule has 0 unspecified atom stereocenters. The van der Waals surface area contributed by atoms with E-state index in [2.05, 4.69) is 10.6 Å². The molecule has 2 N–H and O–H groups in total. The van der Waals surface area contributed by atoms with Crippen molar-refractivity contribution < 1.29 is 14.3 Å². The number of fused-ring (bicyclic) bond motifs is 1. The number of rotatable bonds is 6. The average Bonchev–Trinajstić information content (AvgIpc) is 2.90. The smallest absolute Gasteiger partial charge is 0.311 e. The molecule has 0 fully saturated rings. The lowest BCUT2D eigenvalue weighted by molar-refractivity contribution is -0.139. The van der Waals surface area contributed by atoms with Gasteiger partial charge in [0, 0.05) is 12.2 Å². The quantitative estimate of drug-likeness (QED) is 0.679. The number of anilines is 1. The molecule has 0 bridgehead atoms. The summed E-state index contributed by atoms with van der Waals surface area (Å²) in [4.78, 5) is 28.8. The summed E-state index contributed by atoms with van der Waals surface area (Å²) in [5.41, 5.74) is 5.59. The third-order valence-corrected chi connectivity index (χ3v) is 5.59. The van der Waals surface area contributed by atoms with E-state index in [0.717, 1.165) is 28.1 Å². The van der Waals surface area contributed by atoms with Crippen LogP contribution in [0.5, 0.6) is 0 Å². The van der Waals surface area contributed by atoms with E-state index in [4.69, 9.17) is 9.73 Å². The number of aryl methyl sites for hydroxylation is 2. The zero-order chi connectivity index (χ0) is 21.5. The van der Waals surface area contributed by atoms with Crippen LogP contribution >= 0.6 is 11.8 Å². The highest BCUT2D eigenvalue weighted by atomic mass is 32.2. The van der Waals surface area contributed by atoms with Gasteiger partial charge in [0.2, 0.25) is 5.91 Å².